The van der Waals surface area contributed by atoms with E-state index in [1.165, 1.54) is 12.0 Å². The van der Waals surface area contributed by atoms with Crippen molar-refractivity contribution in [3.63, 3.8) is 0 Å². The predicted octanol–water partition coefficient (Wildman–Crippen LogP) is 3.91. The number of thioether (sulfide) groups is 1. The molecule has 0 atom stereocenters. The number of hydrogen-bond acceptors (Lipinski definition) is 5. The number of ether oxygens (including phenoxy) is 1. The molecular formula is C18H16N2O3S. The Kier molecular flexibility index (Phi) is 4.31. The third-order valence-corrected chi connectivity index (χ3v) is 4.81. The number of methoxy groups -OCH3 is 1. The van der Waals surface area contributed by atoms with Crippen molar-refractivity contribution in [1.29, 1.82) is 0 Å². The highest BCUT2D eigenvalue weighted by Gasteiger charge is 2.37. The van der Waals surface area contributed by atoms with Crippen LogP contribution in [0.15, 0.2) is 53.4 Å². The molecule has 1 aliphatic heterocycles. The Morgan fingerprint density at radius 3 is 2.50 bits per heavy atom. The Balaban J connectivity index is 1.99. The molecule has 0 unspecified atom stereocenters. The van der Waals surface area contributed by atoms with Crippen molar-refractivity contribution in [2.75, 3.05) is 17.7 Å². The average molecular weight is 340 g/mol. The highest BCUT2D eigenvalue weighted by atomic mass is 32.2. The van der Waals surface area contributed by atoms with Gasteiger partial charge in [-0.25, -0.2) is 4.90 Å². The number of nitrogen functional groups attached to an aromatic ring is 1. The summed E-state index contributed by atoms with van der Waals surface area (Å²) >= 11 is 0.942. The Hall–Kier alpha value is -2.73. The zero-order valence-electron chi connectivity index (χ0n) is 13.3. The number of amides is 2. The summed E-state index contributed by atoms with van der Waals surface area (Å²) in [5, 5.41) is -0.321. The van der Waals surface area contributed by atoms with Crippen LogP contribution in [0.1, 0.15) is 12.5 Å². The molecule has 0 saturated carbocycles. The summed E-state index contributed by atoms with van der Waals surface area (Å²) < 4.78 is 5.16. The number of carbonyl (C=O) groups excluding carboxylic acids is 2. The van der Waals surface area contributed by atoms with Crippen molar-refractivity contribution < 1.29 is 14.3 Å². The third-order valence-electron chi connectivity index (χ3n) is 3.77. The van der Waals surface area contributed by atoms with E-state index >= 15 is 0 Å². The fourth-order valence-electron chi connectivity index (χ4n) is 2.43. The molecule has 3 rings (SSSR count). The molecule has 1 saturated heterocycles. The van der Waals surface area contributed by atoms with Crippen LogP contribution in [0.2, 0.25) is 0 Å². The summed E-state index contributed by atoms with van der Waals surface area (Å²) in [5.41, 5.74) is 8.45. The zero-order chi connectivity index (χ0) is 17.3. The number of nitrogens with zero attached hydrogens (tertiary/aromatic N) is 1. The van der Waals surface area contributed by atoms with E-state index in [0.717, 1.165) is 22.9 Å². The van der Waals surface area contributed by atoms with E-state index in [0.29, 0.717) is 22.0 Å². The second-order valence-corrected chi connectivity index (χ2v) is 6.25. The SMILES string of the molecule is COc1cccc(N2C(=O)S/C(=C(/C)c3ccc(N)cc3)C2=O)c1. The third kappa shape index (κ3) is 2.88. The fraction of sp³-hybridized carbons (Fsp3) is 0.111. The van der Waals surface area contributed by atoms with Gasteiger partial charge in [0.25, 0.3) is 11.1 Å². The van der Waals surface area contributed by atoms with Gasteiger partial charge in [-0.15, -0.1) is 0 Å². The number of nitrogens with two attached hydrogens (primary N) is 1. The fourth-order valence-corrected chi connectivity index (χ4v) is 3.34. The number of hydrogen-bond donors (Lipinski definition) is 1. The van der Waals surface area contributed by atoms with Gasteiger partial charge in [0, 0.05) is 11.8 Å². The molecule has 1 aliphatic rings. The normalized spacial score (nSPS) is 16.5. The molecule has 0 radical (unpaired) electrons. The van der Waals surface area contributed by atoms with Crippen molar-refractivity contribution in [3.05, 3.63) is 59.0 Å². The van der Waals surface area contributed by atoms with Gasteiger partial charge in [0.15, 0.2) is 0 Å². The molecule has 6 heteroatoms. The molecule has 2 aromatic carbocycles. The summed E-state index contributed by atoms with van der Waals surface area (Å²) in [4.78, 5) is 26.7. The highest BCUT2D eigenvalue weighted by Crippen LogP contribution is 2.39. The van der Waals surface area contributed by atoms with Crippen LogP contribution in [0.4, 0.5) is 16.2 Å². The molecule has 1 fully saturated rings. The lowest BCUT2D eigenvalue weighted by atomic mass is 10.1. The van der Waals surface area contributed by atoms with Gasteiger partial charge in [0.1, 0.15) is 5.75 Å². The van der Waals surface area contributed by atoms with Gasteiger partial charge in [-0.2, -0.15) is 0 Å². The second kappa shape index (κ2) is 6.41. The first-order valence-electron chi connectivity index (χ1n) is 7.28. The molecule has 122 valence electrons. The van der Waals surface area contributed by atoms with Gasteiger partial charge < -0.3 is 10.5 Å². The molecule has 2 aromatic rings. The minimum absolute atomic E-state index is 0.321. The number of imide groups is 1. The molecular weight excluding hydrogens is 324 g/mol. The van der Waals surface area contributed by atoms with Crippen LogP contribution in [0.3, 0.4) is 0 Å². The molecule has 2 N–H and O–H groups in total. The van der Waals surface area contributed by atoms with Crippen LogP contribution in [-0.2, 0) is 4.79 Å². The second-order valence-electron chi connectivity index (χ2n) is 5.29. The van der Waals surface area contributed by atoms with Gasteiger partial charge in [-0.05, 0) is 54.1 Å². The number of rotatable bonds is 3. The minimum Gasteiger partial charge on any atom is -0.497 e. The topological polar surface area (TPSA) is 72.6 Å². The van der Waals surface area contributed by atoms with Crippen LogP contribution < -0.4 is 15.4 Å². The van der Waals surface area contributed by atoms with Crippen LogP contribution in [0, 0.1) is 0 Å². The lowest BCUT2D eigenvalue weighted by Crippen LogP contribution is -2.27. The number of anilines is 2. The van der Waals surface area contributed by atoms with Gasteiger partial charge in [0.2, 0.25) is 0 Å². The van der Waals surface area contributed by atoms with Crippen LogP contribution in [0.5, 0.6) is 5.75 Å². The molecule has 1 heterocycles. The first-order valence-corrected chi connectivity index (χ1v) is 8.10. The maximum Gasteiger partial charge on any atom is 0.298 e. The molecule has 0 aliphatic carbocycles. The highest BCUT2D eigenvalue weighted by molar-refractivity contribution is 8.19. The summed E-state index contributed by atoms with van der Waals surface area (Å²) in [5.74, 6) is 0.262. The molecule has 0 spiro atoms. The maximum atomic E-state index is 12.8. The van der Waals surface area contributed by atoms with Gasteiger partial charge in [-0.1, -0.05) is 18.2 Å². The van der Waals surface area contributed by atoms with E-state index in [-0.39, 0.29) is 11.1 Å². The monoisotopic (exact) mass is 340 g/mol. The molecule has 0 bridgehead atoms. The van der Waals surface area contributed by atoms with Crippen molar-refractivity contribution in [1.82, 2.24) is 0 Å². The van der Waals surface area contributed by atoms with Crippen molar-refractivity contribution in [2.45, 2.75) is 6.92 Å². The Labute approximate surface area is 144 Å². The molecule has 2 amide bonds. The summed E-state index contributed by atoms with van der Waals surface area (Å²) in [6.45, 7) is 1.83. The summed E-state index contributed by atoms with van der Waals surface area (Å²) in [6, 6.07) is 14.1. The summed E-state index contributed by atoms with van der Waals surface area (Å²) in [6.07, 6.45) is 0. The lowest BCUT2D eigenvalue weighted by molar-refractivity contribution is -0.113. The van der Waals surface area contributed by atoms with Crippen LogP contribution in [0.25, 0.3) is 5.57 Å². The lowest BCUT2D eigenvalue weighted by Gasteiger charge is -2.13. The Morgan fingerprint density at radius 2 is 1.83 bits per heavy atom. The Bertz CT molecular complexity index is 844. The molecule has 5 nitrogen and oxygen atoms in total. The zero-order valence-corrected chi connectivity index (χ0v) is 14.1. The van der Waals surface area contributed by atoms with Crippen molar-refractivity contribution >= 4 is 39.9 Å². The number of carbonyl (C=O) groups is 2. The van der Waals surface area contributed by atoms with Crippen LogP contribution >= 0.6 is 11.8 Å². The van der Waals surface area contributed by atoms with E-state index < -0.39 is 0 Å². The van der Waals surface area contributed by atoms with Crippen molar-refractivity contribution in [2.24, 2.45) is 0 Å². The van der Waals surface area contributed by atoms with Gasteiger partial charge in [0.05, 0.1) is 17.7 Å². The average Bonchev–Trinajstić information content (AvgIpc) is 2.89. The van der Waals surface area contributed by atoms with E-state index in [1.54, 1.807) is 36.4 Å². The molecule has 0 aromatic heterocycles. The number of benzene rings is 2. The quantitative estimate of drug-likeness (QED) is 0.677. The van der Waals surface area contributed by atoms with E-state index in [1.807, 2.05) is 19.1 Å². The summed E-state index contributed by atoms with van der Waals surface area (Å²) in [7, 11) is 1.54. The smallest absolute Gasteiger partial charge is 0.298 e. The first kappa shape index (κ1) is 16.1. The Morgan fingerprint density at radius 1 is 1.12 bits per heavy atom. The molecule has 24 heavy (non-hydrogen) atoms. The van der Waals surface area contributed by atoms with Crippen molar-refractivity contribution in [3.8, 4) is 5.75 Å². The number of allylic oxidation sites excluding steroid dienone is 1. The predicted molar refractivity (Wildman–Crippen MR) is 96.9 cm³/mol. The largest absolute Gasteiger partial charge is 0.497 e. The first-order chi connectivity index (χ1) is 11.5. The van der Waals surface area contributed by atoms with Gasteiger partial charge in [-0.3, -0.25) is 9.59 Å². The van der Waals surface area contributed by atoms with E-state index in [4.69, 9.17) is 10.5 Å². The maximum absolute atomic E-state index is 12.8. The van der Waals surface area contributed by atoms with Gasteiger partial charge >= 0.3 is 0 Å². The van der Waals surface area contributed by atoms with Crippen LogP contribution in [-0.4, -0.2) is 18.3 Å². The standard InChI is InChI=1S/C18H16N2O3S/c1-11(12-6-8-13(19)9-7-12)16-17(21)20(18(22)24-16)14-4-3-5-15(10-14)23-2/h3-10H,19H2,1-2H3/b16-11-. The minimum atomic E-state index is -0.326. The van der Waals surface area contributed by atoms with E-state index in [9.17, 15) is 9.59 Å². The van der Waals surface area contributed by atoms with E-state index in [2.05, 4.69) is 0 Å².